The fraction of sp³-hybridized carbons (Fsp3) is 0.238. The van der Waals surface area contributed by atoms with Gasteiger partial charge in [-0.3, -0.25) is 10.1 Å². The zero-order valence-electron chi connectivity index (χ0n) is 16.8. The van der Waals surface area contributed by atoms with Crippen LogP contribution in [0.25, 0.3) is 11.3 Å². The van der Waals surface area contributed by atoms with Crippen molar-refractivity contribution in [2.75, 3.05) is 18.4 Å². The number of halogens is 1. The highest BCUT2D eigenvalue weighted by atomic mass is 32.2. The first-order valence-electron chi connectivity index (χ1n) is 9.41. The van der Waals surface area contributed by atoms with Crippen molar-refractivity contribution in [3.8, 4) is 11.3 Å². The molecule has 0 spiro atoms. The normalized spacial score (nSPS) is 11.6. The first kappa shape index (κ1) is 22.1. The van der Waals surface area contributed by atoms with E-state index < -0.39 is 10.0 Å². The topological polar surface area (TPSA) is 79.4 Å². The number of benzene rings is 2. The van der Waals surface area contributed by atoms with E-state index in [0.717, 1.165) is 10.4 Å². The van der Waals surface area contributed by atoms with Gasteiger partial charge < -0.3 is 0 Å². The van der Waals surface area contributed by atoms with Gasteiger partial charge in [-0.05, 0) is 55.5 Å². The van der Waals surface area contributed by atoms with Gasteiger partial charge in [0.05, 0.1) is 10.6 Å². The number of hydrogen-bond donors (Lipinski definition) is 1. The lowest BCUT2D eigenvalue weighted by atomic mass is 10.1. The Bertz CT molecular complexity index is 1140. The Morgan fingerprint density at radius 3 is 2.23 bits per heavy atom. The van der Waals surface area contributed by atoms with Crippen LogP contribution in [-0.4, -0.2) is 36.7 Å². The minimum atomic E-state index is -3.57. The van der Waals surface area contributed by atoms with E-state index in [4.69, 9.17) is 0 Å². The van der Waals surface area contributed by atoms with Crippen LogP contribution >= 0.6 is 11.3 Å². The molecule has 3 rings (SSSR count). The molecule has 1 heterocycles. The second-order valence-electron chi connectivity index (χ2n) is 6.50. The number of anilines is 1. The molecule has 0 saturated carbocycles. The number of thiazole rings is 1. The maximum Gasteiger partial charge on any atom is 0.257 e. The Labute approximate surface area is 179 Å². The maximum absolute atomic E-state index is 13.1. The number of amides is 1. The van der Waals surface area contributed by atoms with Crippen LogP contribution in [0, 0.1) is 12.7 Å². The van der Waals surface area contributed by atoms with Crippen molar-refractivity contribution < 1.29 is 17.6 Å². The molecule has 0 fully saturated rings. The zero-order valence-corrected chi connectivity index (χ0v) is 18.5. The van der Waals surface area contributed by atoms with E-state index in [-0.39, 0.29) is 16.6 Å². The summed E-state index contributed by atoms with van der Waals surface area (Å²) < 4.78 is 39.6. The molecule has 0 atom stereocenters. The second kappa shape index (κ2) is 9.03. The lowest BCUT2D eigenvalue weighted by Crippen LogP contribution is -2.30. The van der Waals surface area contributed by atoms with Gasteiger partial charge in [-0.1, -0.05) is 13.8 Å². The average molecular weight is 448 g/mol. The molecule has 158 valence electrons. The van der Waals surface area contributed by atoms with Gasteiger partial charge in [0, 0.05) is 29.1 Å². The van der Waals surface area contributed by atoms with Gasteiger partial charge in [-0.25, -0.2) is 17.8 Å². The van der Waals surface area contributed by atoms with E-state index in [1.807, 2.05) is 6.92 Å². The third-order valence-corrected chi connectivity index (χ3v) is 7.54. The molecule has 2 aromatic carbocycles. The molecule has 3 aromatic rings. The summed E-state index contributed by atoms with van der Waals surface area (Å²) in [5.41, 5.74) is 1.76. The van der Waals surface area contributed by atoms with Crippen molar-refractivity contribution in [2.24, 2.45) is 0 Å². The zero-order chi connectivity index (χ0) is 21.9. The number of nitrogens with one attached hydrogen (secondary N) is 1. The van der Waals surface area contributed by atoms with E-state index in [9.17, 15) is 17.6 Å². The van der Waals surface area contributed by atoms with Crippen LogP contribution in [0.3, 0.4) is 0 Å². The SMILES string of the molecule is CCN(CC)S(=O)(=O)c1ccc(C(=O)Nc2nc(-c3ccc(F)cc3)c(C)s2)cc1. The quantitative estimate of drug-likeness (QED) is 0.577. The minimum absolute atomic E-state index is 0.145. The number of aryl methyl sites for hydroxylation is 1. The molecule has 0 bridgehead atoms. The summed E-state index contributed by atoms with van der Waals surface area (Å²) in [5.74, 6) is -0.715. The molecule has 0 unspecified atom stereocenters. The van der Waals surface area contributed by atoms with Crippen LogP contribution in [0.5, 0.6) is 0 Å². The van der Waals surface area contributed by atoms with Crippen LogP contribution < -0.4 is 5.32 Å². The second-order valence-corrected chi connectivity index (χ2v) is 9.64. The van der Waals surface area contributed by atoms with Crippen molar-refractivity contribution in [3.63, 3.8) is 0 Å². The van der Waals surface area contributed by atoms with E-state index in [1.54, 1.807) is 26.0 Å². The summed E-state index contributed by atoms with van der Waals surface area (Å²) in [6.07, 6.45) is 0. The lowest BCUT2D eigenvalue weighted by Gasteiger charge is -2.18. The Morgan fingerprint density at radius 2 is 1.67 bits per heavy atom. The Hall–Kier alpha value is -2.62. The molecular weight excluding hydrogens is 425 g/mol. The highest BCUT2D eigenvalue weighted by Gasteiger charge is 2.22. The van der Waals surface area contributed by atoms with Crippen molar-refractivity contribution in [2.45, 2.75) is 25.7 Å². The standard InChI is InChI=1S/C21H22FN3O3S2/c1-4-25(5-2)30(27,28)18-12-8-16(9-13-18)20(26)24-21-23-19(14(3)29-21)15-6-10-17(22)11-7-15/h6-13H,4-5H2,1-3H3,(H,23,24,26). The molecule has 0 radical (unpaired) electrons. The Kier molecular flexibility index (Phi) is 6.64. The van der Waals surface area contributed by atoms with Gasteiger partial charge in [0.2, 0.25) is 10.0 Å². The number of aromatic nitrogens is 1. The molecule has 30 heavy (non-hydrogen) atoms. The molecule has 9 heteroatoms. The highest BCUT2D eigenvalue weighted by molar-refractivity contribution is 7.89. The van der Waals surface area contributed by atoms with Crippen LogP contribution in [-0.2, 0) is 10.0 Å². The predicted molar refractivity (Wildman–Crippen MR) is 117 cm³/mol. The molecule has 0 aliphatic carbocycles. The smallest absolute Gasteiger partial charge is 0.257 e. The highest BCUT2D eigenvalue weighted by Crippen LogP contribution is 2.30. The van der Waals surface area contributed by atoms with Crippen molar-refractivity contribution >= 4 is 32.4 Å². The molecule has 1 aromatic heterocycles. The van der Waals surface area contributed by atoms with E-state index in [2.05, 4.69) is 10.3 Å². The van der Waals surface area contributed by atoms with Crippen LogP contribution in [0.1, 0.15) is 29.1 Å². The molecule has 0 aliphatic rings. The number of hydrogen-bond acceptors (Lipinski definition) is 5. The minimum Gasteiger partial charge on any atom is -0.298 e. The molecular formula is C21H22FN3O3S2. The largest absolute Gasteiger partial charge is 0.298 e. The van der Waals surface area contributed by atoms with Gasteiger partial charge in [-0.2, -0.15) is 4.31 Å². The van der Waals surface area contributed by atoms with Crippen molar-refractivity contribution in [1.82, 2.24) is 9.29 Å². The number of rotatable bonds is 7. The van der Waals surface area contributed by atoms with Gasteiger partial charge in [0.15, 0.2) is 5.13 Å². The predicted octanol–water partition coefficient (Wildman–Crippen LogP) is 4.54. The summed E-state index contributed by atoms with van der Waals surface area (Å²) in [6.45, 7) is 6.18. The molecule has 0 saturated heterocycles. The van der Waals surface area contributed by atoms with E-state index >= 15 is 0 Å². The fourth-order valence-electron chi connectivity index (χ4n) is 2.99. The summed E-state index contributed by atoms with van der Waals surface area (Å²) in [5, 5.41) is 3.15. The summed E-state index contributed by atoms with van der Waals surface area (Å²) >= 11 is 1.31. The van der Waals surface area contributed by atoms with Gasteiger partial charge >= 0.3 is 0 Å². The first-order valence-corrected chi connectivity index (χ1v) is 11.7. The van der Waals surface area contributed by atoms with Gasteiger partial charge in [-0.15, -0.1) is 11.3 Å². The number of carbonyl (C=O) groups is 1. The number of nitrogens with zero attached hydrogens (tertiary/aromatic N) is 2. The summed E-state index contributed by atoms with van der Waals surface area (Å²) in [4.78, 5) is 18.0. The fourth-order valence-corrected chi connectivity index (χ4v) is 5.27. The number of sulfonamides is 1. The van der Waals surface area contributed by atoms with E-state index in [1.165, 1.54) is 52.0 Å². The molecule has 0 aliphatic heterocycles. The Balaban J connectivity index is 1.77. The third kappa shape index (κ3) is 4.58. The van der Waals surface area contributed by atoms with Crippen LogP contribution in [0.15, 0.2) is 53.4 Å². The third-order valence-electron chi connectivity index (χ3n) is 4.59. The number of carbonyl (C=O) groups excluding carboxylic acids is 1. The average Bonchev–Trinajstić information content (AvgIpc) is 3.09. The van der Waals surface area contributed by atoms with Crippen molar-refractivity contribution in [1.29, 1.82) is 0 Å². The van der Waals surface area contributed by atoms with E-state index in [0.29, 0.717) is 29.5 Å². The summed E-state index contributed by atoms with van der Waals surface area (Å²) in [6, 6.07) is 11.8. The maximum atomic E-state index is 13.1. The van der Waals surface area contributed by atoms with Crippen LogP contribution in [0.2, 0.25) is 0 Å². The summed E-state index contributed by atoms with van der Waals surface area (Å²) in [7, 11) is -3.57. The van der Waals surface area contributed by atoms with Crippen molar-refractivity contribution in [3.05, 3.63) is 64.8 Å². The molecule has 6 nitrogen and oxygen atoms in total. The molecule has 1 N–H and O–H groups in total. The van der Waals surface area contributed by atoms with Gasteiger partial charge in [0.1, 0.15) is 5.82 Å². The first-order chi connectivity index (χ1) is 14.3. The lowest BCUT2D eigenvalue weighted by molar-refractivity contribution is 0.102. The monoisotopic (exact) mass is 447 g/mol. The van der Waals surface area contributed by atoms with Crippen LogP contribution in [0.4, 0.5) is 9.52 Å². The molecule has 1 amide bonds. The van der Waals surface area contributed by atoms with Gasteiger partial charge in [0.25, 0.3) is 5.91 Å². The Morgan fingerprint density at radius 1 is 1.07 bits per heavy atom.